The highest BCUT2D eigenvalue weighted by molar-refractivity contribution is 6.31. The first-order valence-corrected chi connectivity index (χ1v) is 8.70. The molecule has 0 aromatic heterocycles. The van der Waals surface area contributed by atoms with Gasteiger partial charge in [-0.05, 0) is 30.3 Å². The van der Waals surface area contributed by atoms with Crippen LogP contribution in [-0.4, -0.2) is 40.5 Å². The number of anilines is 1. The number of nitrogens with one attached hydrogen (secondary N) is 1. The number of hydrogen-bond acceptors (Lipinski definition) is 4. The van der Waals surface area contributed by atoms with Crippen LogP contribution < -0.4 is 10.1 Å². The number of amides is 2. The standard InChI is InChI=1S/C19H18ClFN2O4/c1-11(24)23-10-14(25)9-17(23)19(26)22-16-7-12(20)5-6-18(16)27-15-4-2-3-13(21)8-15/h2-8,14,17,25H,9-10H2,1H3,(H,22,26)/t14-,17+/m0/s1. The van der Waals surface area contributed by atoms with Crippen LogP contribution in [0.4, 0.5) is 10.1 Å². The van der Waals surface area contributed by atoms with Crippen molar-refractivity contribution < 1.29 is 23.8 Å². The van der Waals surface area contributed by atoms with Crippen molar-refractivity contribution in [1.82, 2.24) is 4.90 Å². The number of rotatable bonds is 4. The lowest BCUT2D eigenvalue weighted by molar-refractivity contribution is -0.134. The molecule has 0 aliphatic carbocycles. The number of benzene rings is 2. The van der Waals surface area contributed by atoms with E-state index in [-0.39, 0.29) is 36.1 Å². The van der Waals surface area contributed by atoms with Crippen LogP contribution in [0.2, 0.25) is 5.02 Å². The number of aliphatic hydroxyl groups is 1. The lowest BCUT2D eigenvalue weighted by Gasteiger charge is -2.22. The van der Waals surface area contributed by atoms with E-state index >= 15 is 0 Å². The van der Waals surface area contributed by atoms with E-state index in [0.717, 1.165) is 0 Å². The molecule has 142 valence electrons. The Labute approximate surface area is 160 Å². The predicted molar refractivity (Wildman–Crippen MR) is 98.4 cm³/mol. The van der Waals surface area contributed by atoms with E-state index in [0.29, 0.717) is 5.02 Å². The van der Waals surface area contributed by atoms with Crippen molar-refractivity contribution in [3.05, 3.63) is 53.3 Å². The maximum atomic E-state index is 13.4. The Morgan fingerprint density at radius 1 is 1.30 bits per heavy atom. The second-order valence-electron chi connectivity index (χ2n) is 6.27. The fourth-order valence-corrected chi connectivity index (χ4v) is 3.14. The Bertz CT molecular complexity index is 877. The Balaban J connectivity index is 1.82. The van der Waals surface area contributed by atoms with E-state index in [4.69, 9.17) is 16.3 Å². The number of aliphatic hydroxyl groups excluding tert-OH is 1. The highest BCUT2D eigenvalue weighted by Gasteiger charge is 2.37. The average Bonchev–Trinajstić information content (AvgIpc) is 3.00. The van der Waals surface area contributed by atoms with Crippen LogP contribution in [-0.2, 0) is 9.59 Å². The molecule has 0 bridgehead atoms. The van der Waals surface area contributed by atoms with Gasteiger partial charge in [-0.2, -0.15) is 0 Å². The molecule has 1 fully saturated rings. The number of hydrogen-bond donors (Lipinski definition) is 2. The van der Waals surface area contributed by atoms with E-state index in [9.17, 15) is 19.1 Å². The van der Waals surface area contributed by atoms with Crippen LogP contribution in [0.3, 0.4) is 0 Å². The summed E-state index contributed by atoms with van der Waals surface area (Å²) in [5.41, 5.74) is 0.279. The van der Waals surface area contributed by atoms with Gasteiger partial charge in [0.25, 0.3) is 0 Å². The Kier molecular flexibility index (Phi) is 5.62. The number of halogens is 2. The molecular formula is C19H18ClFN2O4. The molecule has 1 saturated heterocycles. The molecule has 1 aliphatic rings. The lowest BCUT2D eigenvalue weighted by atomic mass is 10.1. The van der Waals surface area contributed by atoms with Gasteiger partial charge in [-0.25, -0.2) is 4.39 Å². The molecule has 1 aliphatic heterocycles. The molecule has 27 heavy (non-hydrogen) atoms. The molecule has 2 aromatic carbocycles. The van der Waals surface area contributed by atoms with Crippen LogP contribution in [0.5, 0.6) is 11.5 Å². The first-order valence-electron chi connectivity index (χ1n) is 8.32. The molecule has 0 spiro atoms. The molecule has 2 aromatic rings. The highest BCUT2D eigenvalue weighted by atomic mass is 35.5. The maximum Gasteiger partial charge on any atom is 0.247 e. The maximum absolute atomic E-state index is 13.4. The zero-order valence-corrected chi connectivity index (χ0v) is 15.2. The van der Waals surface area contributed by atoms with Crippen molar-refractivity contribution in [3.63, 3.8) is 0 Å². The number of β-amino-alcohol motifs (C(OH)–C–C–N with tert-alkyl or cyclic N) is 1. The monoisotopic (exact) mass is 392 g/mol. The number of ether oxygens (including phenoxy) is 1. The van der Waals surface area contributed by atoms with Crippen molar-refractivity contribution in [2.45, 2.75) is 25.5 Å². The van der Waals surface area contributed by atoms with E-state index in [1.807, 2.05) is 0 Å². The van der Waals surface area contributed by atoms with Gasteiger partial charge < -0.3 is 20.1 Å². The van der Waals surface area contributed by atoms with Crippen LogP contribution in [0.15, 0.2) is 42.5 Å². The third-order valence-electron chi connectivity index (χ3n) is 4.21. The zero-order chi connectivity index (χ0) is 19.6. The fraction of sp³-hybridized carbons (Fsp3) is 0.263. The molecule has 2 N–H and O–H groups in total. The summed E-state index contributed by atoms with van der Waals surface area (Å²) >= 11 is 6.02. The average molecular weight is 393 g/mol. The first-order chi connectivity index (χ1) is 12.8. The van der Waals surface area contributed by atoms with E-state index in [1.165, 1.54) is 36.1 Å². The lowest BCUT2D eigenvalue weighted by Crippen LogP contribution is -2.42. The third kappa shape index (κ3) is 4.56. The van der Waals surface area contributed by atoms with Gasteiger partial charge in [0, 0.05) is 31.0 Å². The Hall–Kier alpha value is -2.64. The van der Waals surface area contributed by atoms with Gasteiger partial charge in [0.1, 0.15) is 17.6 Å². The SMILES string of the molecule is CC(=O)N1C[C@@H](O)C[C@@H]1C(=O)Nc1cc(Cl)ccc1Oc1cccc(F)c1. The van der Waals surface area contributed by atoms with Crippen LogP contribution in [0, 0.1) is 5.82 Å². The van der Waals surface area contributed by atoms with E-state index in [2.05, 4.69) is 5.32 Å². The summed E-state index contributed by atoms with van der Waals surface area (Å²) in [6.07, 6.45) is -0.612. The normalized spacial score (nSPS) is 19.0. The first kappa shape index (κ1) is 19.1. The second kappa shape index (κ2) is 7.94. The van der Waals surface area contributed by atoms with E-state index < -0.39 is 23.9 Å². The quantitative estimate of drug-likeness (QED) is 0.837. The summed E-state index contributed by atoms with van der Waals surface area (Å²) in [5.74, 6) is -0.688. The van der Waals surface area contributed by atoms with Gasteiger partial charge in [0.2, 0.25) is 11.8 Å². The largest absolute Gasteiger partial charge is 0.455 e. The summed E-state index contributed by atoms with van der Waals surface area (Å²) in [7, 11) is 0. The van der Waals surface area contributed by atoms with Gasteiger partial charge in [0.05, 0.1) is 11.8 Å². The molecule has 0 unspecified atom stereocenters. The molecule has 6 nitrogen and oxygen atoms in total. The van der Waals surface area contributed by atoms with Crippen molar-refractivity contribution in [2.24, 2.45) is 0 Å². The van der Waals surface area contributed by atoms with Gasteiger partial charge >= 0.3 is 0 Å². The van der Waals surface area contributed by atoms with Crippen LogP contribution >= 0.6 is 11.6 Å². The van der Waals surface area contributed by atoms with Crippen molar-refractivity contribution >= 4 is 29.1 Å². The topological polar surface area (TPSA) is 78.9 Å². The van der Waals surface area contributed by atoms with Crippen LogP contribution in [0.1, 0.15) is 13.3 Å². The molecule has 0 radical (unpaired) electrons. The smallest absolute Gasteiger partial charge is 0.247 e. The Morgan fingerprint density at radius 2 is 2.07 bits per heavy atom. The molecule has 1 heterocycles. The molecule has 2 amide bonds. The molecule has 0 saturated carbocycles. The summed E-state index contributed by atoms with van der Waals surface area (Å²) in [6.45, 7) is 1.45. The minimum Gasteiger partial charge on any atom is -0.455 e. The van der Waals surface area contributed by atoms with Crippen molar-refractivity contribution in [1.29, 1.82) is 0 Å². The van der Waals surface area contributed by atoms with Crippen LogP contribution in [0.25, 0.3) is 0 Å². The van der Waals surface area contributed by atoms with Gasteiger partial charge in [-0.1, -0.05) is 17.7 Å². The summed E-state index contributed by atoms with van der Waals surface area (Å²) in [4.78, 5) is 25.7. The molecular weight excluding hydrogens is 375 g/mol. The number of carbonyl (C=O) groups is 2. The zero-order valence-electron chi connectivity index (χ0n) is 14.5. The van der Waals surface area contributed by atoms with Crippen molar-refractivity contribution in [3.8, 4) is 11.5 Å². The molecule has 2 atom stereocenters. The van der Waals surface area contributed by atoms with Gasteiger partial charge in [-0.15, -0.1) is 0 Å². The molecule has 8 heteroatoms. The molecule has 3 rings (SSSR count). The highest BCUT2D eigenvalue weighted by Crippen LogP contribution is 2.33. The van der Waals surface area contributed by atoms with Gasteiger partial charge in [-0.3, -0.25) is 9.59 Å². The number of nitrogens with zero attached hydrogens (tertiary/aromatic N) is 1. The van der Waals surface area contributed by atoms with Gasteiger partial charge in [0.15, 0.2) is 5.75 Å². The van der Waals surface area contributed by atoms with Crippen molar-refractivity contribution in [2.75, 3.05) is 11.9 Å². The summed E-state index contributed by atoms with van der Waals surface area (Å²) in [6, 6.07) is 9.42. The second-order valence-corrected chi connectivity index (χ2v) is 6.70. The number of likely N-dealkylation sites (tertiary alicyclic amines) is 1. The predicted octanol–water partition coefficient (Wildman–Crippen LogP) is 3.19. The Morgan fingerprint density at radius 3 is 2.78 bits per heavy atom. The number of carbonyl (C=O) groups excluding carboxylic acids is 2. The fourth-order valence-electron chi connectivity index (χ4n) is 2.97. The third-order valence-corrected chi connectivity index (χ3v) is 4.44. The van der Waals surface area contributed by atoms with E-state index in [1.54, 1.807) is 18.2 Å². The minimum atomic E-state index is -0.793. The summed E-state index contributed by atoms with van der Waals surface area (Å²) in [5, 5.41) is 12.9. The summed E-state index contributed by atoms with van der Waals surface area (Å²) < 4.78 is 19.0. The minimum absolute atomic E-state index is 0.107.